The van der Waals surface area contributed by atoms with Crippen LogP contribution in [0.3, 0.4) is 0 Å². The quantitative estimate of drug-likeness (QED) is 0.768. The minimum Gasteiger partial charge on any atom is -0.444 e. The molecule has 0 atom stereocenters. The summed E-state index contributed by atoms with van der Waals surface area (Å²) in [5.74, 6) is -0.649. The summed E-state index contributed by atoms with van der Waals surface area (Å²) in [6.07, 6.45) is -3.51. The Morgan fingerprint density at radius 2 is 2.16 bits per heavy atom. The molecule has 0 fully saturated rings. The van der Waals surface area contributed by atoms with Crippen molar-refractivity contribution in [1.82, 2.24) is 14.2 Å². The molecule has 0 radical (unpaired) electrons. The summed E-state index contributed by atoms with van der Waals surface area (Å²) in [4.78, 5) is 22.2. The first-order chi connectivity index (χ1) is 8.79. The van der Waals surface area contributed by atoms with E-state index in [9.17, 15) is 22.8 Å². The molecule has 0 amide bonds. The molecule has 9 heteroatoms. The van der Waals surface area contributed by atoms with Gasteiger partial charge >= 0.3 is 12.1 Å². The van der Waals surface area contributed by atoms with Crippen LogP contribution in [0.15, 0.2) is 23.1 Å². The molecule has 0 aliphatic rings. The van der Waals surface area contributed by atoms with Gasteiger partial charge in [-0.3, -0.25) is 14.2 Å². The zero-order chi connectivity index (χ0) is 14.2. The highest BCUT2D eigenvalue weighted by atomic mass is 19.4. The molecule has 2 aromatic heterocycles. The molecule has 2 heterocycles. The second kappa shape index (κ2) is 4.41. The van der Waals surface area contributed by atoms with Crippen LogP contribution in [0, 0.1) is 0 Å². The Balaban J connectivity index is 2.55. The lowest BCUT2D eigenvalue weighted by atomic mass is 10.4. The fourth-order valence-corrected chi connectivity index (χ4v) is 1.46. The minimum absolute atomic E-state index is 0.110. The molecule has 2 aromatic rings. The fraction of sp³-hybridized carbons (Fsp3) is 0.300. The summed E-state index contributed by atoms with van der Waals surface area (Å²) in [6, 6.07) is 1.74. The molecular formula is C10H8F3N3O3. The summed E-state index contributed by atoms with van der Waals surface area (Å²) in [5, 5.41) is 3.30. The highest BCUT2D eigenvalue weighted by molar-refractivity contribution is 5.65. The van der Waals surface area contributed by atoms with E-state index in [1.807, 2.05) is 0 Å². The lowest BCUT2D eigenvalue weighted by Crippen LogP contribution is -2.23. The molecule has 102 valence electrons. The van der Waals surface area contributed by atoms with Gasteiger partial charge in [0.15, 0.2) is 12.4 Å². The molecule has 0 saturated heterocycles. The van der Waals surface area contributed by atoms with Crippen molar-refractivity contribution >= 4 is 11.6 Å². The summed E-state index contributed by atoms with van der Waals surface area (Å²) < 4.78 is 44.0. The number of fused-ring (bicyclic) bond motifs is 1. The Bertz CT molecular complexity index is 687. The van der Waals surface area contributed by atoms with Gasteiger partial charge in [0, 0.05) is 25.3 Å². The van der Waals surface area contributed by atoms with Gasteiger partial charge in [-0.05, 0) is 0 Å². The number of hydrogen-bond acceptors (Lipinski definition) is 4. The maximum Gasteiger partial charge on any atom is 0.435 e. The predicted molar refractivity (Wildman–Crippen MR) is 56.2 cm³/mol. The van der Waals surface area contributed by atoms with Gasteiger partial charge in [-0.15, -0.1) is 0 Å². The molecule has 0 spiro atoms. The molecule has 0 N–H and O–H groups in total. The Labute approximate surface area is 104 Å². The van der Waals surface area contributed by atoms with Gasteiger partial charge in [0.2, 0.25) is 0 Å². The van der Waals surface area contributed by atoms with E-state index in [0.717, 1.165) is 28.3 Å². The first-order valence-electron chi connectivity index (χ1n) is 5.09. The number of ether oxygens (including phenoxy) is 1. The standard InChI is InChI=1S/C10H8F3N3O3/c1-6(17)19-5-15-8-4-7(10(11,12)13)14-16(8)3-2-9(15)18/h2-4H,5H2,1H3. The number of esters is 1. The van der Waals surface area contributed by atoms with Crippen molar-refractivity contribution in [3.8, 4) is 0 Å². The maximum atomic E-state index is 12.5. The van der Waals surface area contributed by atoms with Crippen molar-refractivity contribution in [2.75, 3.05) is 0 Å². The number of alkyl halides is 3. The maximum absolute atomic E-state index is 12.5. The summed E-state index contributed by atoms with van der Waals surface area (Å²) in [7, 11) is 0. The lowest BCUT2D eigenvalue weighted by Gasteiger charge is -2.06. The molecule has 0 aliphatic carbocycles. The molecule has 0 aliphatic heterocycles. The average Bonchev–Trinajstić information content (AvgIpc) is 2.71. The number of rotatable bonds is 2. The van der Waals surface area contributed by atoms with E-state index in [2.05, 4.69) is 9.84 Å². The highest BCUT2D eigenvalue weighted by Gasteiger charge is 2.34. The first-order valence-corrected chi connectivity index (χ1v) is 5.09. The van der Waals surface area contributed by atoms with Crippen LogP contribution in [0.1, 0.15) is 12.6 Å². The third-order valence-corrected chi connectivity index (χ3v) is 2.30. The summed E-state index contributed by atoms with van der Waals surface area (Å²) in [6.45, 7) is 0.657. The number of halogens is 3. The number of aromatic nitrogens is 3. The van der Waals surface area contributed by atoms with Crippen LogP contribution in [0.5, 0.6) is 0 Å². The number of hydrogen-bond donors (Lipinski definition) is 0. The molecule has 0 bridgehead atoms. The second-order valence-corrected chi connectivity index (χ2v) is 3.68. The van der Waals surface area contributed by atoms with Gasteiger partial charge in [-0.2, -0.15) is 18.3 Å². The molecule has 0 aromatic carbocycles. The SMILES string of the molecule is CC(=O)OCn1c(=O)ccn2nc(C(F)(F)F)cc12. The third-order valence-electron chi connectivity index (χ3n) is 2.30. The van der Waals surface area contributed by atoms with Crippen molar-refractivity contribution in [3.05, 3.63) is 34.4 Å². The van der Waals surface area contributed by atoms with E-state index in [-0.39, 0.29) is 5.65 Å². The molecule has 0 saturated carbocycles. The number of nitrogens with zero attached hydrogens (tertiary/aromatic N) is 3. The molecule has 2 rings (SSSR count). The Kier molecular flexibility index (Phi) is 3.05. The number of carbonyl (C=O) groups is 1. The van der Waals surface area contributed by atoms with Crippen LogP contribution in [-0.4, -0.2) is 20.2 Å². The average molecular weight is 275 g/mol. The Hall–Kier alpha value is -2.32. The van der Waals surface area contributed by atoms with E-state index in [4.69, 9.17) is 0 Å². The van der Waals surface area contributed by atoms with E-state index in [1.54, 1.807) is 0 Å². The largest absolute Gasteiger partial charge is 0.444 e. The van der Waals surface area contributed by atoms with Crippen LogP contribution in [0.25, 0.3) is 5.65 Å². The van der Waals surface area contributed by atoms with E-state index in [1.165, 1.54) is 0 Å². The zero-order valence-electron chi connectivity index (χ0n) is 9.64. The molecule has 0 unspecified atom stereocenters. The van der Waals surface area contributed by atoms with Gasteiger partial charge in [0.1, 0.15) is 5.65 Å². The zero-order valence-corrected chi connectivity index (χ0v) is 9.64. The summed E-state index contributed by atoms with van der Waals surface area (Å²) in [5.41, 5.74) is -1.84. The van der Waals surface area contributed by atoms with Gasteiger partial charge in [0.05, 0.1) is 0 Å². The van der Waals surface area contributed by atoms with E-state index >= 15 is 0 Å². The summed E-state index contributed by atoms with van der Waals surface area (Å²) >= 11 is 0. The van der Waals surface area contributed by atoms with E-state index in [0.29, 0.717) is 6.07 Å². The van der Waals surface area contributed by atoms with Crippen molar-refractivity contribution < 1.29 is 22.7 Å². The fourth-order valence-electron chi connectivity index (χ4n) is 1.46. The smallest absolute Gasteiger partial charge is 0.435 e. The van der Waals surface area contributed by atoms with Gasteiger partial charge in [-0.25, -0.2) is 4.52 Å². The highest BCUT2D eigenvalue weighted by Crippen LogP contribution is 2.28. The number of carbonyl (C=O) groups excluding carboxylic acids is 1. The van der Waals surface area contributed by atoms with Gasteiger partial charge in [-0.1, -0.05) is 0 Å². The van der Waals surface area contributed by atoms with Crippen LogP contribution in [0.4, 0.5) is 13.2 Å². The van der Waals surface area contributed by atoms with Crippen LogP contribution < -0.4 is 5.56 Å². The molecular weight excluding hydrogens is 267 g/mol. The topological polar surface area (TPSA) is 65.6 Å². The Morgan fingerprint density at radius 3 is 2.74 bits per heavy atom. The van der Waals surface area contributed by atoms with Gasteiger partial charge < -0.3 is 4.74 Å². The van der Waals surface area contributed by atoms with Crippen LogP contribution in [0.2, 0.25) is 0 Å². The molecule has 19 heavy (non-hydrogen) atoms. The van der Waals surface area contributed by atoms with Crippen molar-refractivity contribution in [2.45, 2.75) is 19.8 Å². The lowest BCUT2D eigenvalue weighted by molar-refractivity contribution is -0.144. The van der Waals surface area contributed by atoms with Crippen LogP contribution >= 0.6 is 0 Å². The second-order valence-electron chi connectivity index (χ2n) is 3.68. The minimum atomic E-state index is -4.62. The van der Waals surface area contributed by atoms with Crippen molar-refractivity contribution in [2.24, 2.45) is 0 Å². The van der Waals surface area contributed by atoms with Gasteiger partial charge in [0.25, 0.3) is 5.56 Å². The van der Waals surface area contributed by atoms with Crippen molar-refractivity contribution in [3.63, 3.8) is 0 Å². The normalized spacial score (nSPS) is 11.8. The third kappa shape index (κ3) is 2.59. The van der Waals surface area contributed by atoms with Crippen molar-refractivity contribution in [1.29, 1.82) is 0 Å². The Morgan fingerprint density at radius 1 is 1.47 bits per heavy atom. The molecule has 6 nitrogen and oxygen atoms in total. The first kappa shape index (κ1) is 13.1. The predicted octanol–water partition coefficient (Wildman–Crippen LogP) is 1.04. The monoisotopic (exact) mass is 275 g/mol. The van der Waals surface area contributed by atoms with E-state index < -0.39 is 30.1 Å². The van der Waals surface area contributed by atoms with Crippen LogP contribution in [-0.2, 0) is 22.4 Å².